The fourth-order valence-corrected chi connectivity index (χ4v) is 7.80. The number of hydrogen-bond donors (Lipinski definition) is 11. The quantitative estimate of drug-likeness (QED) is 0.0458. The highest BCUT2D eigenvalue weighted by atomic mass is 16.8. The van der Waals surface area contributed by atoms with Gasteiger partial charge in [0.05, 0.1) is 18.8 Å². The van der Waals surface area contributed by atoms with Crippen LogP contribution in [0.3, 0.4) is 0 Å². The zero-order valence-electron chi connectivity index (χ0n) is 34.5. The summed E-state index contributed by atoms with van der Waals surface area (Å²) in [6, 6.07) is -2.01. The van der Waals surface area contributed by atoms with Gasteiger partial charge in [-0.25, -0.2) is 4.79 Å². The highest BCUT2D eigenvalue weighted by molar-refractivity contribution is 5.87. The van der Waals surface area contributed by atoms with Gasteiger partial charge < -0.3 is 70.4 Å². The number of hydrogen-bond acceptors (Lipinski definition) is 16. The third-order valence-corrected chi connectivity index (χ3v) is 11.2. The van der Waals surface area contributed by atoms with Crippen molar-refractivity contribution in [3.63, 3.8) is 0 Å². The second-order valence-electron chi connectivity index (χ2n) is 16.5. The molecule has 3 aliphatic heterocycles. The molecule has 3 saturated heterocycles. The summed E-state index contributed by atoms with van der Waals surface area (Å²) >= 11 is 0. The van der Waals surface area contributed by atoms with E-state index in [4.69, 9.17) is 18.9 Å². The SMILES string of the molecule is CC(=O)N[C@H]1[C@H](O[C@H]2OC(CC(O)[C@H]3O[C@@H](n4ccc(=O)[nH]c4=O)[C@H](O)[C@@H]3O)[C@H](O)[C@H](O)[C@H]2NC(=O)/C=C/CCCCCCCCCCCC(C)C)O[C@H](CO)[C@@H](O)[C@@H]1O. The average Bonchev–Trinajstić information content (AvgIpc) is 3.49. The van der Waals surface area contributed by atoms with E-state index in [2.05, 4.69) is 24.5 Å². The second-order valence-corrected chi connectivity index (χ2v) is 16.5. The van der Waals surface area contributed by atoms with Gasteiger partial charge in [0.1, 0.15) is 60.9 Å². The minimum atomic E-state index is -1.85. The Kier molecular flexibility index (Phi) is 19.7. The first-order chi connectivity index (χ1) is 28.5. The summed E-state index contributed by atoms with van der Waals surface area (Å²) in [4.78, 5) is 51.2. The Balaban J connectivity index is 1.42. The van der Waals surface area contributed by atoms with Gasteiger partial charge >= 0.3 is 5.69 Å². The van der Waals surface area contributed by atoms with Crippen molar-refractivity contribution < 1.29 is 69.4 Å². The molecule has 4 heterocycles. The van der Waals surface area contributed by atoms with E-state index < -0.39 is 128 Å². The number of aromatic amines is 1. The Morgan fingerprint density at radius 2 is 1.37 bits per heavy atom. The molecule has 3 aliphatic rings. The highest BCUT2D eigenvalue weighted by Gasteiger charge is 2.53. The first-order valence-electron chi connectivity index (χ1n) is 21.1. The van der Waals surface area contributed by atoms with E-state index in [0.717, 1.165) is 55.4 Å². The lowest BCUT2D eigenvalue weighted by molar-refractivity contribution is -0.346. The molecule has 20 nitrogen and oxygen atoms in total. The summed E-state index contributed by atoms with van der Waals surface area (Å²) in [5.74, 6) is -0.604. The van der Waals surface area contributed by atoms with E-state index in [1.165, 1.54) is 44.6 Å². The molecule has 1 aromatic heterocycles. The molecule has 2 amide bonds. The van der Waals surface area contributed by atoms with Crippen LogP contribution in [0.1, 0.15) is 104 Å². The lowest BCUT2D eigenvalue weighted by Gasteiger charge is -2.47. The number of carbonyl (C=O) groups excluding carboxylic acids is 2. The topological polar surface area (TPSA) is 312 Å². The van der Waals surface area contributed by atoms with E-state index in [1.54, 1.807) is 6.08 Å². The van der Waals surface area contributed by atoms with E-state index in [1.807, 2.05) is 4.98 Å². The molecule has 20 heteroatoms. The van der Waals surface area contributed by atoms with Crippen molar-refractivity contribution in [2.24, 2.45) is 5.92 Å². The first kappa shape index (κ1) is 49.5. The summed E-state index contributed by atoms with van der Waals surface area (Å²) in [6.07, 6.45) is -6.31. The highest BCUT2D eigenvalue weighted by Crippen LogP contribution is 2.34. The molecule has 11 N–H and O–H groups in total. The molecule has 0 bridgehead atoms. The average molecular weight is 859 g/mol. The zero-order valence-corrected chi connectivity index (χ0v) is 34.5. The van der Waals surface area contributed by atoms with Crippen LogP contribution in [-0.4, -0.2) is 155 Å². The van der Waals surface area contributed by atoms with Gasteiger partial charge in [-0.15, -0.1) is 0 Å². The number of nitrogens with zero attached hydrogens (tertiary/aromatic N) is 1. The lowest BCUT2D eigenvalue weighted by Crippen LogP contribution is -2.68. The van der Waals surface area contributed by atoms with Crippen LogP contribution < -0.4 is 21.9 Å². The van der Waals surface area contributed by atoms with Crippen molar-refractivity contribution in [3.05, 3.63) is 45.3 Å². The van der Waals surface area contributed by atoms with Crippen LogP contribution >= 0.6 is 0 Å². The molecular weight excluding hydrogens is 792 g/mol. The molecule has 0 aliphatic carbocycles. The first-order valence-corrected chi connectivity index (χ1v) is 21.1. The van der Waals surface area contributed by atoms with Crippen LogP contribution in [0.4, 0.5) is 0 Å². The fraction of sp³-hybridized carbons (Fsp3) is 0.800. The summed E-state index contributed by atoms with van der Waals surface area (Å²) in [7, 11) is 0. The van der Waals surface area contributed by atoms with Crippen molar-refractivity contribution in [2.75, 3.05) is 6.61 Å². The Morgan fingerprint density at radius 3 is 1.95 bits per heavy atom. The van der Waals surface area contributed by atoms with E-state index >= 15 is 0 Å². The fourth-order valence-electron chi connectivity index (χ4n) is 7.80. The van der Waals surface area contributed by atoms with Crippen LogP contribution in [0.2, 0.25) is 0 Å². The van der Waals surface area contributed by atoms with Crippen molar-refractivity contribution in [2.45, 2.75) is 190 Å². The third kappa shape index (κ3) is 13.7. The number of ether oxygens (including phenoxy) is 4. The number of nitrogens with one attached hydrogen (secondary N) is 3. The largest absolute Gasteiger partial charge is 0.394 e. The van der Waals surface area contributed by atoms with Crippen LogP contribution in [0, 0.1) is 5.92 Å². The zero-order chi connectivity index (χ0) is 44.1. The third-order valence-electron chi connectivity index (χ3n) is 11.2. The van der Waals surface area contributed by atoms with Gasteiger partial charge in [-0.2, -0.15) is 0 Å². The van der Waals surface area contributed by atoms with E-state index in [-0.39, 0.29) is 0 Å². The predicted molar refractivity (Wildman–Crippen MR) is 212 cm³/mol. The monoisotopic (exact) mass is 858 g/mol. The molecule has 0 spiro atoms. The summed E-state index contributed by atoms with van der Waals surface area (Å²) in [5.41, 5.74) is -1.68. The normalized spacial score (nSPS) is 33.9. The number of unbranched alkanes of at least 4 members (excludes halogenated alkanes) is 9. The summed E-state index contributed by atoms with van der Waals surface area (Å²) in [6.45, 7) is 4.83. The number of H-pyrrole nitrogens is 1. The maximum Gasteiger partial charge on any atom is 0.330 e. The van der Waals surface area contributed by atoms with Crippen LogP contribution in [0.5, 0.6) is 0 Å². The van der Waals surface area contributed by atoms with Gasteiger partial charge in [-0.1, -0.05) is 77.7 Å². The molecule has 4 rings (SSSR count). The second kappa shape index (κ2) is 23.9. The van der Waals surface area contributed by atoms with Gasteiger partial charge in [0, 0.05) is 25.6 Å². The number of aliphatic hydroxyl groups excluding tert-OH is 8. The molecule has 0 aromatic carbocycles. The van der Waals surface area contributed by atoms with Crippen LogP contribution in [-0.2, 0) is 28.5 Å². The molecule has 3 fully saturated rings. The number of aliphatic hydroxyl groups is 8. The minimum absolute atomic E-state index is 0.597. The van der Waals surface area contributed by atoms with Crippen molar-refractivity contribution in [1.82, 2.24) is 20.2 Å². The molecular formula is C40H66N4O16. The van der Waals surface area contributed by atoms with E-state index in [9.17, 15) is 60.0 Å². The number of aromatic nitrogens is 2. The number of rotatable bonds is 22. The van der Waals surface area contributed by atoms with Gasteiger partial charge in [0.2, 0.25) is 11.8 Å². The van der Waals surface area contributed by atoms with Gasteiger partial charge in [0.25, 0.3) is 5.56 Å². The Hall–Kier alpha value is -3.12. The Labute approximate surface area is 348 Å². The molecule has 15 atom stereocenters. The standard InChI is InChI=1S/C40H66N4O16/c1-21(2)15-13-11-9-7-5-4-6-8-10-12-14-16-26(48)42-29-33(53)30(50)24(57-39(29)60-38-28(41-22(3)46)32(52)31(51)25(20-45)58-38)19-23(47)36-34(54)35(55)37(59-36)44-18-17-27(49)43-40(44)56/h14,16-18,21,23-25,28-39,45,47,50-55H,4-13,15,19-20H2,1-3H3,(H,41,46)(H,42,48)(H,43,49,56)/b16-14+/t23?,24?,25-,28-,29-,30+,31-,32-,33-,34+,35-,36-,37-,38+,39-/m1/s1. The smallest absolute Gasteiger partial charge is 0.330 e. The van der Waals surface area contributed by atoms with Crippen molar-refractivity contribution in [1.29, 1.82) is 0 Å². The van der Waals surface area contributed by atoms with Gasteiger partial charge in [-0.3, -0.25) is 23.9 Å². The van der Waals surface area contributed by atoms with Crippen LogP contribution in [0.15, 0.2) is 34.0 Å². The molecule has 0 saturated carbocycles. The molecule has 1 aromatic rings. The summed E-state index contributed by atoms with van der Waals surface area (Å²) < 4.78 is 24.1. The van der Waals surface area contributed by atoms with Gasteiger partial charge in [-0.05, 0) is 24.8 Å². The maximum absolute atomic E-state index is 13.2. The van der Waals surface area contributed by atoms with E-state index in [0.29, 0.717) is 6.42 Å². The van der Waals surface area contributed by atoms with Crippen LogP contribution in [0.25, 0.3) is 0 Å². The maximum atomic E-state index is 13.2. The Bertz CT molecular complexity index is 1630. The lowest BCUT2D eigenvalue weighted by atomic mass is 9.91. The summed E-state index contributed by atoms with van der Waals surface area (Å²) in [5, 5.41) is 91.5. The molecule has 0 radical (unpaired) electrons. The number of allylic oxidation sites excluding steroid dienone is 1. The van der Waals surface area contributed by atoms with Crippen molar-refractivity contribution >= 4 is 11.8 Å². The minimum Gasteiger partial charge on any atom is -0.394 e. The molecule has 60 heavy (non-hydrogen) atoms. The Morgan fingerprint density at radius 1 is 0.800 bits per heavy atom. The number of carbonyl (C=O) groups is 2. The molecule has 2 unspecified atom stereocenters. The molecule has 342 valence electrons. The predicted octanol–water partition coefficient (Wildman–Crippen LogP) is -1.70. The van der Waals surface area contributed by atoms with Gasteiger partial charge in [0.15, 0.2) is 18.8 Å². The number of amides is 2. The van der Waals surface area contributed by atoms with Crippen molar-refractivity contribution in [3.8, 4) is 0 Å².